The summed E-state index contributed by atoms with van der Waals surface area (Å²) in [5.41, 5.74) is -1.41. The van der Waals surface area contributed by atoms with Crippen molar-refractivity contribution in [3.05, 3.63) is 61.4 Å². The molecule has 126 valence electrons. The molecule has 2 N–H and O–H groups in total. The number of aromatic nitrogens is 2. The van der Waals surface area contributed by atoms with Gasteiger partial charge in [-0.15, -0.1) is 0 Å². The van der Waals surface area contributed by atoms with Crippen LogP contribution >= 0.6 is 11.6 Å². The monoisotopic (exact) mass is 349 g/mol. The average molecular weight is 350 g/mol. The van der Waals surface area contributed by atoms with Crippen LogP contribution in [-0.2, 0) is 6.54 Å². The van der Waals surface area contributed by atoms with Gasteiger partial charge in [0.1, 0.15) is 5.69 Å². The third-order valence-corrected chi connectivity index (χ3v) is 4.29. The highest BCUT2D eigenvalue weighted by Gasteiger charge is 2.23. The quantitative estimate of drug-likeness (QED) is 0.871. The Kier molecular flexibility index (Phi) is 4.55. The lowest BCUT2D eigenvalue weighted by molar-refractivity contribution is 0.0687. The number of carbonyl (C=O) groups is 1. The summed E-state index contributed by atoms with van der Waals surface area (Å²) in [6, 6.07) is 6.30. The largest absolute Gasteiger partial charge is 0.477 e. The Hall–Kier alpha value is -2.38. The van der Waals surface area contributed by atoms with Gasteiger partial charge in [0.25, 0.3) is 5.56 Å². The van der Waals surface area contributed by atoms with Gasteiger partial charge in [-0.1, -0.05) is 17.7 Å². The molecule has 8 heteroatoms. The number of hydrogen-bond acceptors (Lipinski definition) is 4. The van der Waals surface area contributed by atoms with Gasteiger partial charge in [0.15, 0.2) is 0 Å². The maximum Gasteiger partial charge on any atom is 0.352 e. The number of likely N-dealkylation sites (tertiary alicyclic amines) is 1. The van der Waals surface area contributed by atoms with Crippen molar-refractivity contribution >= 4 is 17.6 Å². The van der Waals surface area contributed by atoms with Gasteiger partial charge in [0.05, 0.1) is 11.3 Å². The number of aromatic carboxylic acids is 1. The van der Waals surface area contributed by atoms with Gasteiger partial charge < -0.3 is 10.1 Å². The first-order valence-corrected chi connectivity index (χ1v) is 7.95. The van der Waals surface area contributed by atoms with E-state index in [1.54, 1.807) is 18.2 Å². The molecule has 0 bridgehead atoms. The smallest absolute Gasteiger partial charge is 0.352 e. The van der Waals surface area contributed by atoms with Crippen molar-refractivity contribution in [2.75, 3.05) is 13.1 Å². The summed E-state index contributed by atoms with van der Waals surface area (Å²) in [5, 5.41) is 9.71. The molecule has 1 fully saturated rings. The molecule has 3 rings (SSSR count). The first-order chi connectivity index (χ1) is 11.5. The van der Waals surface area contributed by atoms with Crippen molar-refractivity contribution in [3.63, 3.8) is 0 Å². The number of benzene rings is 1. The number of aromatic amines is 1. The second-order valence-electron chi connectivity index (χ2n) is 5.69. The lowest BCUT2D eigenvalue weighted by Gasteiger charge is -2.16. The van der Waals surface area contributed by atoms with Crippen LogP contribution in [0.1, 0.15) is 28.9 Å². The molecular weight excluding hydrogens is 334 g/mol. The van der Waals surface area contributed by atoms with Crippen LogP contribution < -0.4 is 11.2 Å². The first kappa shape index (κ1) is 16.5. The molecule has 0 unspecified atom stereocenters. The summed E-state index contributed by atoms with van der Waals surface area (Å²) in [7, 11) is 0. The number of rotatable bonds is 4. The fourth-order valence-electron chi connectivity index (χ4n) is 2.92. The zero-order valence-electron chi connectivity index (χ0n) is 12.8. The molecule has 2 heterocycles. The lowest BCUT2D eigenvalue weighted by atomic mass is 10.2. The topological polar surface area (TPSA) is 95.4 Å². The van der Waals surface area contributed by atoms with E-state index in [0.717, 1.165) is 30.5 Å². The van der Waals surface area contributed by atoms with E-state index >= 15 is 0 Å². The van der Waals surface area contributed by atoms with Crippen LogP contribution in [-0.4, -0.2) is 38.6 Å². The van der Waals surface area contributed by atoms with Crippen LogP contribution in [0.15, 0.2) is 33.9 Å². The minimum Gasteiger partial charge on any atom is -0.477 e. The molecule has 1 aliphatic heterocycles. The molecule has 0 amide bonds. The second-order valence-corrected chi connectivity index (χ2v) is 6.13. The highest BCUT2D eigenvalue weighted by atomic mass is 35.5. The van der Waals surface area contributed by atoms with Crippen LogP contribution in [0.25, 0.3) is 5.69 Å². The lowest BCUT2D eigenvalue weighted by Crippen LogP contribution is -2.40. The van der Waals surface area contributed by atoms with Crippen molar-refractivity contribution in [3.8, 4) is 5.69 Å². The van der Waals surface area contributed by atoms with Gasteiger partial charge in [-0.25, -0.2) is 14.2 Å². The maximum absolute atomic E-state index is 12.8. The van der Waals surface area contributed by atoms with Crippen molar-refractivity contribution in [1.29, 1.82) is 0 Å². The highest BCUT2D eigenvalue weighted by molar-refractivity contribution is 6.30. The predicted molar refractivity (Wildman–Crippen MR) is 89.1 cm³/mol. The van der Waals surface area contributed by atoms with Gasteiger partial charge in [-0.2, -0.15) is 0 Å². The Morgan fingerprint density at radius 2 is 1.96 bits per heavy atom. The molecule has 0 atom stereocenters. The van der Waals surface area contributed by atoms with Gasteiger partial charge in [-0.05, 0) is 44.1 Å². The molecule has 0 spiro atoms. The highest BCUT2D eigenvalue weighted by Crippen LogP contribution is 2.15. The SMILES string of the molecule is O=C(O)c1[nH]c(=O)n(-c2cccc(Cl)c2)c(=O)c1CN1CCCC1. The van der Waals surface area contributed by atoms with E-state index in [9.17, 15) is 19.5 Å². The third-order valence-electron chi connectivity index (χ3n) is 4.06. The molecule has 7 nitrogen and oxygen atoms in total. The number of halogens is 1. The molecule has 24 heavy (non-hydrogen) atoms. The number of hydrogen-bond donors (Lipinski definition) is 2. The molecule has 0 aliphatic carbocycles. The molecule has 0 saturated carbocycles. The zero-order valence-corrected chi connectivity index (χ0v) is 13.5. The minimum absolute atomic E-state index is 0.0731. The predicted octanol–water partition coefficient (Wildman–Crippen LogP) is 1.47. The maximum atomic E-state index is 12.8. The van der Waals surface area contributed by atoms with E-state index in [1.165, 1.54) is 6.07 Å². The summed E-state index contributed by atoms with van der Waals surface area (Å²) in [5.74, 6) is -1.32. The van der Waals surface area contributed by atoms with Crippen molar-refractivity contribution < 1.29 is 9.90 Å². The van der Waals surface area contributed by atoms with Crippen LogP contribution in [0.2, 0.25) is 5.02 Å². The molecule has 1 aliphatic rings. The molecule has 1 aromatic heterocycles. The molecule has 0 radical (unpaired) electrons. The Balaban J connectivity index is 2.18. The second kappa shape index (κ2) is 6.62. The van der Waals surface area contributed by atoms with Crippen molar-refractivity contribution in [2.45, 2.75) is 19.4 Å². The number of carboxylic acids is 1. The minimum atomic E-state index is -1.32. The number of nitrogens with one attached hydrogen (secondary N) is 1. The van der Waals surface area contributed by atoms with Gasteiger partial charge in [-0.3, -0.25) is 9.69 Å². The average Bonchev–Trinajstić information content (AvgIpc) is 3.03. The number of H-pyrrole nitrogens is 1. The van der Waals surface area contributed by atoms with Gasteiger partial charge in [0, 0.05) is 11.6 Å². The zero-order chi connectivity index (χ0) is 17.3. The van der Waals surface area contributed by atoms with E-state index < -0.39 is 17.2 Å². The summed E-state index contributed by atoms with van der Waals surface area (Å²) in [4.78, 5) is 40.8. The normalized spacial score (nSPS) is 14.9. The third kappa shape index (κ3) is 3.13. The summed E-state index contributed by atoms with van der Waals surface area (Å²) < 4.78 is 0.920. The van der Waals surface area contributed by atoms with Crippen molar-refractivity contribution in [1.82, 2.24) is 14.5 Å². The van der Waals surface area contributed by atoms with Gasteiger partial charge >= 0.3 is 11.7 Å². The molecule has 2 aromatic rings. The molecule has 1 saturated heterocycles. The van der Waals surface area contributed by atoms with Crippen LogP contribution in [0.4, 0.5) is 0 Å². The standard InChI is InChI=1S/C16H16ClN3O4/c17-10-4-3-5-11(8-10)20-14(21)12(9-19-6-1-2-7-19)13(15(22)23)18-16(20)24/h3-5,8H,1-2,6-7,9H2,(H,18,24)(H,22,23). The molecular formula is C16H16ClN3O4. The van der Waals surface area contributed by atoms with Crippen LogP contribution in [0, 0.1) is 0 Å². The Labute approximate surface area is 142 Å². The van der Waals surface area contributed by atoms with E-state index in [1.807, 2.05) is 4.90 Å². The fourth-order valence-corrected chi connectivity index (χ4v) is 3.10. The van der Waals surface area contributed by atoms with Crippen LogP contribution in [0.5, 0.6) is 0 Å². The Morgan fingerprint density at radius 3 is 2.58 bits per heavy atom. The molecule has 1 aromatic carbocycles. The van der Waals surface area contributed by atoms with E-state index in [0.29, 0.717) is 10.7 Å². The Bertz CT molecular complexity index is 897. The van der Waals surface area contributed by atoms with Crippen molar-refractivity contribution in [2.24, 2.45) is 0 Å². The first-order valence-electron chi connectivity index (χ1n) is 7.57. The number of carboxylic acid groups (broad SMARTS) is 1. The summed E-state index contributed by atoms with van der Waals surface area (Å²) in [6.07, 6.45) is 2.02. The summed E-state index contributed by atoms with van der Waals surface area (Å²) in [6.45, 7) is 1.79. The van der Waals surface area contributed by atoms with Gasteiger partial charge in [0.2, 0.25) is 0 Å². The van der Waals surface area contributed by atoms with Crippen LogP contribution in [0.3, 0.4) is 0 Å². The van der Waals surface area contributed by atoms with E-state index in [4.69, 9.17) is 11.6 Å². The fraction of sp³-hybridized carbons (Fsp3) is 0.312. The number of nitrogens with zero attached hydrogens (tertiary/aromatic N) is 2. The van der Waals surface area contributed by atoms with E-state index in [-0.39, 0.29) is 17.8 Å². The summed E-state index contributed by atoms with van der Waals surface area (Å²) >= 11 is 5.93. The van der Waals surface area contributed by atoms with E-state index in [2.05, 4.69) is 4.98 Å². The Morgan fingerprint density at radius 1 is 1.25 bits per heavy atom.